The molecule has 0 saturated heterocycles. The molecular weight excluding hydrogens is 369 g/mol. The van der Waals surface area contributed by atoms with E-state index < -0.39 is 17.6 Å². The topological polar surface area (TPSA) is 48.0 Å². The van der Waals surface area contributed by atoms with Crippen molar-refractivity contribution in [3.63, 3.8) is 0 Å². The summed E-state index contributed by atoms with van der Waals surface area (Å²) in [7, 11) is 0. The number of alkyl halides is 3. The minimum absolute atomic E-state index is 0.197. The molecule has 4 rings (SSSR count). The van der Waals surface area contributed by atoms with Crippen molar-refractivity contribution in [3.8, 4) is 0 Å². The summed E-state index contributed by atoms with van der Waals surface area (Å²) in [6.45, 7) is -0.197. The molecule has 0 fully saturated rings. The van der Waals surface area contributed by atoms with Crippen LogP contribution in [-0.4, -0.2) is 9.55 Å². The van der Waals surface area contributed by atoms with E-state index in [1.807, 2.05) is 0 Å². The van der Waals surface area contributed by atoms with Crippen molar-refractivity contribution in [2.24, 2.45) is 0 Å². The molecule has 2 aromatic heterocycles. The lowest BCUT2D eigenvalue weighted by Crippen LogP contribution is -2.16. The van der Waals surface area contributed by atoms with E-state index in [2.05, 4.69) is 4.98 Å². The van der Waals surface area contributed by atoms with Crippen molar-refractivity contribution in [1.29, 1.82) is 0 Å². The maximum absolute atomic E-state index is 13.5. The Bertz CT molecular complexity index is 1190. The highest BCUT2D eigenvalue weighted by atomic mass is 35.5. The van der Waals surface area contributed by atoms with Gasteiger partial charge in [-0.1, -0.05) is 23.7 Å². The first kappa shape index (κ1) is 16.7. The third-order valence-electron chi connectivity index (χ3n) is 4.03. The molecule has 0 atom stereocenters. The van der Waals surface area contributed by atoms with Gasteiger partial charge in [0.2, 0.25) is 5.82 Å². The third-order valence-corrected chi connectivity index (χ3v) is 4.26. The van der Waals surface area contributed by atoms with Crippen LogP contribution in [0.15, 0.2) is 57.7 Å². The lowest BCUT2D eigenvalue weighted by atomic mass is 10.1. The van der Waals surface area contributed by atoms with E-state index in [4.69, 9.17) is 16.0 Å². The van der Waals surface area contributed by atoms with Gasteiger partial charge in [-0.15, -0.1) is 0 Å². The number of aromatic nitrogens is 2. The molecule has 0 N–H and O–H groups in total. The summed E-state index contributed by atoms with van der Waals surface area (Å²) in [5.74, 6) is -1.03. The van der Waals surface area contributed by atoms with E-state index in [1.165, 1.54) is 18.2 Å². The van der Waals surface area contributed by atoms with Gasteiger partial charge in [-0.3, -0.25) is 0 Å². The van der Waals surface area contributed by atoms with Gasteiger partial charge in [-0.2, -0.15) is 13.2 Å². The molecule has 0 aliphatic heterocycles. The Labute approximate surface area is 149 Å². The fourth-order valence-corrected chi connectivity index (χ4v) is 3.13. The first-order valence-electron chi connectivity index (χ1n) is 7.58. The zero-order valence-corrected chi connectivity index (χ0v) is 13.8. The van der Waals surface area contributed by atoms with E-state index in [9.17, 15) is 18.0 Å². The SMILES string of the molecule is O=c1cc(Cn2c(C(F)(F)F)nc3ccccc32)c2cc(Cl)ccc2o1. The molecule has 0 unspecified atom stereocenters. The first-order chi connectivity index (χ1) is 12.3. The molecule has 8 heteroatoms. The van der Waals surface area contributed by atoms with E-state index in [0.717, 1.165) is 4.57 Å². The highest BCUT2D eigenvalue weighted by Gasteiger charge is 2.37. The quantitative estimate of drug-likeness (QED) is 0.468. The van der Waals surface area contributed by atoms with Crippen molar-refractivity contribution in [2.75, 3.05) is 0 Å². The van der Waals surface area contributed by atoms with E-state index in [-0.39, 0.29) is 17.6 Å². The van der Waals surface area contributed by atoms with Gasteiger partial charge >= 0.3 is 11.8 Å². The van der Waals surface area contributed by atoms with Gasteiger partial charge < -0.3 is 8.98 Å². The number of hydrogen-bond acceptors (Lipinski definition) is 3. The van der Waals surface area contributed by atoms with Crippen LogP contribution in [0.4, 0.5) is 13.2 Å². The number of imidazole rings is 1. The van der Waals surface area contributed by atoms with Gasteiger partial charge in [0.05, 0.1) is 17.6 Å². The van der Waals surface area contributed by atoms with Gasteiger partial charge in [0.1, 0.15) is 5.58 Å². The fraction of sp³-hybridized carbons (Fsp3) is 0.111. The molecular formula is C18H10ClF3N2O2. The number of halogens is 4. The Morgan fingerprint density at radius 3 is 2.65 bits per heavy atom. The summed E-state index contributed by atoms with van der Waals surface area (Å²) < 4.78 is 46.5. The van der Waals surface area contributed by atoms with Crippen molar-refractivity contribution in [3.05, 3.63) is 75.4 Å². The molecule has 0 amide bonds. The smallest absolute Gasteiger partial charge is 0.423 e. The van der Waals surface area contributed by atoms with Crippen molar-refractivity contribution in [2.45, 2.75) is 12.7 Å². The standard InChI is InChI=1S/C18H10ClF3N2O2/c19-11-5-6-15-12(8-11)10(7-16(25)26-15)9-24-14-4-2-1-3-13(14)23-17(24)18(20,21)22/h1-8H,9H2. The number of fused-ring (bicyclic) bond motifs is 2. The fourth-order valence-electron chi connectivity index (χ4n) is 2.95. The molecule has 2 heterocycles. The van der Waals surface area contributed by atoms with Crippen LogP contribution >= 0.6 is 11.6 Å². The Hall–Kier alpha value is -2.80. The molecule has 0 radical (unpaired) electrons. The van der Waals surface area contributed by atoms with Crippen molar-refractivity contribution >= 4 is 33.6 Å². The van der Waals surface area contributed by atoms with Gasteiger partial charge in [0.25, 0.3) is 0 Å². The summed E-state index contributed by atoms with van der Waals surface area (Å²) >= 11 is 5.99. The first-order valence-corrected chi connectivity index (χ1v) is 7.95. The number of benzene rings is 2. The van der Waals surface area contributed by atoms with Crippen LogP contribution < -0.4 is 5.63 Å². The molecule has 4 nitrogen and oxygen atoms in total. The molecule has 0 spiro atoms. The van der Waals surface area contributed by atoms with Crippen LogP contribution in [0.25, 0.3) is 22.0 Å². The van der Waals surface area contributed by atoms with Gasteiger partial charge in [0.15, 0.2) is 0 Å². The number of para-hydroxylation sites is 2. The molecule has 4 aromatic rings. The van der Waals surface area contributed by atoms with Crippen LogP contribution in [0, 0.1) is 0 Å². The Kier molecular flexibility index (Phi) is 3.77. The predicted octanol–water partition coefficient (Wildman–Crippen LogP) is 4.86. The monoisotopic (exact) mass is 378 g/mol. The second-order valence-electron chi connectivity index (χ2n) is 5.74. The lowest BCUT2D eigenvalue weighted by Gasteiger charge is -2.13. The van der Waals surface area contributed by atoms with Crippen molar-refractivity contribution in [1.82, 2.24) is 9.55 Å². The average Bonchev–Trinajstić information content (AvgIpc) is 2.94. The van der Waals surface area contributed by atoms with Gasteiger partial charge in [-0.05, 0) is 35.9 Å². The van der Waals surface area contributed by atoms with Crippen LogP contribution in [-0.2, 0) is 12.7 Å². The number of nitrogens with zero attached hydrogens (tertiary/aromatic N) is 2. The maximum atomic E-state index is 13.5. The molecule has 2 aromatic carbocycles. The second kappa shape index (κ2) is 5.88. The molecule has 132 valence electrons. The Morgan fingerprint density at radius 1 is 1.12 bits per heavy atom. The zero-order chi connectivity index (χ0) is 18.5. The minimum atomic E-state index is -4.63. The Balaban J connectivity index is 1.97. The Morgan fingerprint density at radius 2 is 1.88 bits per heavy atom. The highest BCUT2D eigenvalue weighted by Crippen LogP contribution is 2.33. The normalized spacial score (nSPS) is 12.2. The van der Waals surface area contributed by atoms with Crippen LogP contribution in [0.1, 0.15) is 11.4 Å². The summed E-state index contributed by atoms with van der Waals surface area (Å²) in [6.07, 6.45) is -4.63. The number of rotatable bonds is 2. The lowest BCUT2D eigenvalue weighted by molar-refractivity contribution is -0.146. The third kappa shape index (κ3) is 2.84. The molecule has 0 bridgehead atoms. The predicted molar refractivity (Wildman–Crippen MR) is 91.3 cm³/mol. The van der Waals surface area contributed by atoms with Crippen LogP contribution in [0.3, 0.4) is 0 Å². The molecule has 0 aliphatic rings. The van der Waals surface area contributed by atoms with E-state index >= 15 is 0 Å². The van der Waals surface area contributed by atoms with Crippen LogP contribution in [0.5, 0.6) is 0 Å². The largest absolute Gasteiger partial charge is 0.449 e. The summed E-state index contributed by atoms with van der Waals surface area (Å²) in [5, 5.41) is 0.863. The maximum Gasteiger partial charge on any atom is 0.449 e. The second-order valence-corrected chi connectivity index (χ2v) is 6.18. The summed E-state index contributed by atoms with van der Waals surface area (Å²) in [4.78, 5) is 15.5. The average molecular weight is 379 g/mol. The highest BCUT2D eigenvalue weighted by molar-refractivity contribution is 6.31. The molecule has 0 aliphatic carbocycles. The van der Waals surface area contributed by atoms with E-state index in [0.29, 0.717) is 21.5 Å². The zero-order valence-electron chi connectivity index (χ0n) is 13.0. The van der Waals surface area contributed by atoms with Gasteiger partial charge in [-0.25, -0.2) is 9.78 Å². The van der Waals surface area contributed by atoms with Crippen LogP contribution in [0.2, 0.25) is 5.02 Å². The van der Waals surface area contributed by atoms with Crippen molar-refractivity contribution < 1.29 is 17.6 Å². The molecule has 26 heavy (non-hydrogen) atoms. The summed E-state index contributed by atoms with van der Waals surface area (Å²) in [5.41, 5.74) is 0.531. The molecule has 0 saturated carbocycles. The number of hydrogen-bond donors (Lipinski definition) is 0. The van der Waals surface area contributed by atoms with Gasteiger partial charge in [0, 0.05) is 16.5 Å². The van der Waals surface area contributed by atoms with E-state index in [1.54, 1.807) is 30.3 Å². The summed E-state index contributed by atoms with van der Waals surface area (Å²) in [6, 6.07) is 12.1. The minimum Gasteiger partial charge on any atom is -0.423 e.